The number of rotatable bonds is 7. The molecule has 2 saturated heterocycles. The highest BCUT2D eigenvalue weighted by Crippen LogP contribution is 2.39. The molecule has 2 aliphatic heterocycles. The van der Waals surface area contributed by atoms with Crippen LogP contribution < -0.4 is 14.2 Å². The first-order chi connectivity index (χ1) is 15.6. The van der Waals surface area contributed by atoms with E-state index in [0.717, 1.165) is 71.5 Å². The molecule has 2 atom stereocenters. The fraction of sp³-hybridized carbons (Fsp3) is 0.538. The number of ether oxygens (including phenoxy) is 2. The third kappa shape index (κ3) is 4.63. The Morgan fingerprint density at radius 3 is 2.09 bits per heavy atom. The smallest absolute Gasteiger partial charge is 0.241 e. The third-order valence-electron chi connectivity index (χ3n) is 7.62. The van der Waals surface area contributed by atoms with Crippen molar-refractivity contribution < 1.29 is 17.9 Å². The van der Waals surface area contributed by atoms with Crippen molar-refractivity contribution in [3.8, 4) is 11.5 Å². The Balaban J connectivity index is 1.50. The Morgan fingerprint density at radius 2 is 1.55 bits per heavy atom. The van der Waals surface area contributed by atoms with Gasteiger partial charge in [-0.2, -0.15) is 0 Å². The largest absolute Gasteiger partial charge is 0.497 e. The van der Waals surface area contributed by atoms with Crippen molar-refractivity contribution >= 4 is 10.0 Å². The zero-order valence-electron chi connectivity index (χ0n) is 20.6. The summed E-state index contributed by atoms with van der Waals surface area (Å²) < 4.78 is 40.9. The highest BCUT2D eigenvalue weighted by atomic mass is 32.2. The second-order valence-corrected chi connectivity index (χ2v) is 11.3. The first-order valence-corrected chi connectivity index (χ1v) is 13.2. The molecule has 7 heteroatoms. The minimum atomic E-state index is -3.58. The fourth-order valence-electron chi connectivity index (χ4n) is 5.67. The maximum atomic E-state index is 13.4. The molecule has 2 aromatic rings. The molecule has 4 rings (SSSR count). The molecule has 0 radical (unpaired) electrons. The summed E-state index contributed by atoms with van der Waals surface area (Å²) in [6.07, 6.45) is 3.86. The van der Waals surface area contributed by atoms with Gasteiger partial charge in [0.15, 0.2) is 0 Å². The lowest BCUT2D eigenvalue weighted by atomic mass is 9.97. The molecule has 33 heavy (non-hydrogen) atoms. The summed E-state index contributed by atoms with van der Waals surface area (Å²) in [5.41, 5.74) is 4.86. The van der Waals surface area contributed by atoms with Crippen LogP contribution in [-0.2, 0) is 16.6 Å². The van der Waals surface area contributed by atoms with Crippen LogP contribution in [-0.4, -0.2) is 45.7 Å². The molecule has 2 bridgehead atoms. The van der Waals surface area contributed by atoms with Gasteiger partial charge in [0.2, 0.25) is 10.0 Å². The molecule has 2 unspecified atom stereocenters. The van der Waals surface area contributed by atoms with Crippen LogP contribution in [0.4, 0.5) is 0 Å². The van der Waals surface area contributed by atoms with E-state index in [4.69, 9.17) is 9.47 Å². The molecule has 2 aromatic carbocycles. The maximum Gasteiger partial charge on any atom is 0.241 e. The van der Waals surface area contributed by atoms with Crippen LogP contribution >= 0.6 is 0 Å². The normalized spacial score (nSPS) is 23.0. The van der Waals surface area contributed by atoms with Crippen molar-refractivity contribution in [3.63, 3.8) is 0 Å². The molecule has 2 aliphatic rings. The SMILES string of the molecule is COc1ccc(CN2C3CCC2CC(NS(=O)(=O)c2c(C)c(C)cc(C)c2C)C3)c(OC)c1. The number of benzene rings is 2. The summed E-state index contributed by atoms with van der Waals surface area (Å²) in [5, 5.41) is 0. The van der Waals surface area contributed by atoms with E-state index in [1.807, 2.05) is 39.8 Å². The molecule has 0 saturated carbocycles. The highest BCUT2D eigenvalue weighted by Gasteiger charge is 2.42. The summed E-state index contributed by atoms with van der Waals surface area (Å²) in [6, 6.07) is 8.71. The van der Waals surface area contributed by atoms with E-state index in [1.165, 1.54) is 0 Å². The number of hydrogen-bond donors (Lipinski definition) is 1. The molecule has 2 heterocycles. The van der Waals surface area contributed by atoms with Gasteiger partial charge in [0.05, 0.1) is 19.1 Å². The van der Waals surface area contributed by atoms with Crippen molar-refractivity contribution in [2.45, 2.75) is 82.9 Å². The molecular weight excluding hydrogens is 436 g/mol. The van der Waals surface area contributed by atoms with E-state index in [0.29, 0.717) is 17.0 Å². The number of nitrogens with zero attached hydrogens (tertiary/aromatic N) is 1. The van der Waals surface area contributed by atoms with Crippen LogP contribution in [0, 0.1) is 27.7 Å². The van der Waals surface area contributed by atoms with E-state index in [9.17, 15) is 8.42 Å². The van der Waals surface area contributed by atoms with Crippen molar-refractivity contribution in [1.82, 2.24) is 9.62 Å². The molecule has 0 aromatic heterocycles. The maximum absolute atomic E-state index is 13.4. The van der Waals surface area contributed by atoms with Gasteiger partial charge in [0, 0.05) is 36.3 Å². The van der Waals surface area contributed by atoms with Gasteiger partial charge < -0.3 is 9.47 Å². The van der Waals surface area contributed by atoms with Crippen molar-refractivity contribution in [1.29, 1.82) is 0 Å². The summed E-state index contributed by atoms with van der Waals surface area (Å²) >= 11 is 0. The molecule has 2 fully saturated rings. The van der Waals surface area contributed by atoms with Crippen molar-refractivity contribution in [2.24, 2.45) is 0 Å². The van der Waals surface area contributed by atoms with E-state index in [-0.39, 0.29) is 6.04 Å². The summed E-state index contributed by atoms with van der Waals surface area (Å²) in [7, 11) is -0.243. The number of methoxy groups -OCH3 is 2. The second-order valence-electron chi connectivity index (χ2n) is 9.61. The monoisotopic (exact) mass is 472 g/mol. The Hall–Kier alpha value is -2.09. The van der Waals surface area contributed by atoms with E-state index >= 15 is 0 Å². The molecule has 6 nitrogen and oxygen atoms in total. The molecule has 1 N–H and O–H groups in total. The number of nitrogens with one attached hydrogen (secondary N) is 1. The average Bonchev–Trinajstić information content (AvgIpc) is 3.00. The van der Waals surface area contributed by atoms with Crippen LogP contribution in [0.5, 0.6) is 11.5 Å². The first kappa shape index (κ1) is 24.0. The van der Waals surface area contributed by atoms with Crippen LogP contribution in [0.25, 0.3) is 0 Å². The minimum Gasteiger partial charge on any atom is -0.497 e. The van der Waals surface area contributed by atoms with Crippen LogP contribution in [0.1, 0.15) is 53.5 Å². The molecular formula is C26H36N2O4S. The highest BCUT2D eigenvalue weighted by molar-refractivity contribution is 7.89. The number of sulfonamides is 1. The Bertz CT molecular complexity index is 1110. The lowest BCUT2D eigenvalue weighted by molar-refractivity contribution is 0.114. The van der Waals surface area contributed by atoms with E-state index < -0.39 is 10.0 Å². The minimum absolute atomic E-state index is 0.0406. The quantitative estimate of drug-likeness (QED) is 0.647. The molecule has 0 amide bonds. The zero-order valence-corrected chi connectivity index (χ0v) is 21.4. The summed E-state index contributed by atoms with van der Waals surface area (Å²) in [4.78, 5) is 2.99. The van der Waals surface area contributed by atoms with Gasteiger partial charge in [0.1, 0.15) is 11.5 Å². The van der Waals surface area contributed by atoms with Crippen LogP contribution in [0.2, 0.25) is 0 Å². The molecule has 180 valence electrons. The molecule has 0 aliphatic carbocycles. The number of piperidine rings is 1. The molecule has 0 spiro atoms. The van der Waals surface area contributed by atoms with Crippen molar-refractivity contribution in [2.75, 3.05) is 14.2 Å². The first-order valence-electron chi connectivity index (χ1n) is 11.7. The van der Waals surface area contributed by atoms with Crippen LogP contribution in [0.3, 0.4) is 0 Å². The number of aryl methyl sites for hydroxylation is 2. The van der Waals surface area contributed by atoms with Gasteiger partial charge in [-0.25, -0.2) is 13.1 Å². The lowest BCUT2D eigenvalue weighted by Crippen LogP contribution is -2.50. The number of fused-ring (bicyclic) bond motifs is 2. The van der Waals surface area contributed by atoms with Gasteiger partial charge in [-0.3, -0.25) is 4.90 Å². The van der Waals surface area contributed by atoms with Gasteiger partial charge >= 0.3 is 0 Å². The van der Waals surface area contributed by atoms with Gasteiger partial charge in [-0.1, -0.05) is 12.1 Å². The summed E-state index contributed by atoms with van der Waals surface area (Å²) in [6.45, 7) is 8.58. The van der Waals surface area contributed by atoms with Gasteiger partial charge in [-0.15, -0.1) is 0 Å². The van der Waals surface area contributed by atoms with E-state index in [1.54, 1.807) is 14.2 Å². The van der Waals surface area contributed by atoms with E-state index in [2.05, 4.69) is 21.8 Å². The van der Waals surface area contributed by atoms with Crippen LogP contribution in [0.15, 0.2) is 29.2 Å². The Kier molecular flexibility index (Phi) is 6.76. The van der Waals surface area contributed by atoms with Crippen molar-refractivity contribution in [3.05, 3.63) is 52.1 Å². The standard InChI is InChI=1S/C26H36N2O4S/c1-16-11-17(2)19(4)26(18(16)3)33(29,30)27-21-12-22-8-9-23(13-21)28(22)15-20-7-10-24(31-5)14-25(20)32-6/h7,10-11,14,21-23,27H,8-9,12-13,15H2,1-6H3. The summed E-state index contributed by atoms with van der Waals surface area (Å²) in [5.74, 6) is 1.61. The predicted molar refractivity (Wildman–Crippen MR) is 131 cm³/mol. The Morgan fingerprint density at radius 1 is 0.939 bits per heavy atom. The van der Waals surface area contributed by atoms with Gasteiger partial charge in [0.25, 0.3) is 0 Å². The fourth-order valence-corrected chi connectivity index (χ4v) is 7.55. The topological polar surface area (TPSA) is 67.9 Å². The third-order valence-corrected chi connectivity index (χ3v) is 9.41. The zero-order chi connectivity index (χ0) is 23.9. The predicted octanol–water partition coefficient (Wildman–Crippen LogP) is 4.41. The second kappa shape index (κ2) is 9.28. The van der Waals surface area contributed by atoms with Gasteiger partial charge in [-0.05, 0) is 81.7 Å². The Labute approximate surface area is 198 Å². The lowest BCUT2D eigenvalue weighted by Gasteiger charge is -2.39. The number of hydrogen-bond acceptors (Lipinski definition) is 5. The average molecular weight is 473 g/mol.